The van der Waals surface area contributed by atoms with Crippen molar-refractivity contribution in [3.63, 3.8) is 0 Å². The van der Waals surface area contributed by atoms with Gasteiger partial charge < -0.3 is 14.2 Å². The number of anilines is 1. The molecule has 14 heteroatoms. The number of hydrogen-bond acceptors (Lipinski definition) is 8. The molecule has 0 bridgehead atoms. The molecule has 0 aliphatic carbocycles. The average Bonchev–Trinajstić information content (AvgIpc) is 3.50. The van der Waals surface area contributed by atoms with Crippen molar-refractivity contribution < 1.29 is 37.0 Å². The number of aromatic nitrogens is 3. The zero-order valence-corrected chi connectivity index (χ0v) is 23.1. The second-order valence-electron chi connectivity index (χ2n) is 9.24. The number of carbonyl (C=O) groups is 2. The highest BCUT2D eigenvalue weighted by Crippen LogP contribution is 2.42. The number of rotatable bonds is 6. The van der Waals surface area contributed by atoms with Crippen molar-refractivity contribution in [2.45, 2.75) is 19.1 Å². The number of para-hydroxylation sites is 1. The third-order valence-corrected chi connectivity index (χ3v) is 6.86. The SMILES string of the molecule is COc1cc(-c2cc(C(F)(F)F)n3ncc(C(=O)N=C4C(=O)N(c5ccccc5)N(C)C4C)c3n2)cc(OC)c1OC. The van der Waals surface area contributed by atoms with Gasteiger partial charge in [-0.25, -0.2) is 24.5 Å². The summed E-state index contributed by atoms with van der Waals surface area (Å²) >= 11 is 0. The van der Waals surface area contributed by atoms with Crippen molar-refractivity contribution in [2.75, 3.05) is 33.4 Å². The first-order valence-corrected chi connectivity index (χ1v) is 12.5. The van der Waals surface area contributed by atoms with Gasteiger partial charge in [0.2, 0.25) is 5.75 Å². The number of halogens is 3. The fraction of sp³-hybridized carbons (Fsp3) is 0.250. The molecule has 2 aromatic carbocycles. The van der Waals surface area contributed by atoms with Crippen molar-refractivity contribution in [2.24, 2.45) is 4.99 Å². The van der Waals surface area contributed by atoms with E-state index in [1.807, 2.05) is 0 Å². The number of hydrazine groups is 1. The smallest absolute Gasteiger partial charge is 0.433 e. The van der Waals surface area contributed by atoms with Crippen LogP contribution in [0, 0.1) is 0 Å². The van der Waals surface area contributed by atoms with Crippen LogP contribution in [0.3, 0.4) is 0 Å². The Balaban J connectivity index is 1.63. The van der Waals surface area contributed by atoms with Gasteiger partial charge in [-0.3, -0.25) is 9.59 Å². The molecule has 5 rings (SSSR count). The number of benzene rings is 2. The summed E-state index contributed by atoms with van der Waals surface area (Å²) in [6, 6.07) is 11.8. The van der Waals surface area contributed by atoms with Crippen molar-refractivity contribution in [3.8, 4) is 28.5 Å². The van der Waals surface area contributed by atoms with Crippen LogP contribution in [-0.4, -0.2) is 71.6 Å². The van der Waals surface area contributed by atoms with Crippen LogP contribution >= 0.6 is 0 Å². The maximum absolute atomic E-state index is 14.2. The predicted molar refractivity (Wildman–Crippen MR) is 146 cm³/mol. The number of amides is 2. The lowest BCUT2D eigenvalue weighted by Crippen LogP contribution is -2.38. The molecule has 1 aliphatic heterocycles. The van der Waals surface area contributed by atoms with E-state index in [2.05, 4.69) is 15.1 Å². The van der Waals surface area contributed by atoms with Gasteiger partial charge in [-0.05, 0) is 37.3 Å². The second-order valence-corrected chi connectivity index (χ2v) is 9.24. The third-order valence-electron chi connectivity index (χ3n) is 6.86. The lowest BCUT2D eigenvalue weighted by Gasteiger charge is -2.25. The van der Waals surface area contributed by atoms with Crippen LogP contribution in [0.25, 0.3) is 16.9 Å². The maximum atomic E-state index is 14.2. The van der Waals surface area contributed by atoms with Gasteiger partial charge in [0, 0.05) is 12.6 Å². The Kier molecular flexibility index (Phi) is 7.33. The van der Waals surface area contributed by atoms with E-state index in [1.165, 1.54) is 38.5 Å². The van der Waals surface area contributed by atoms with Gasteiger partial charge in [0.15, 0.2) is 22.8 Å². The molecule has 0 N–H and O–H groups in total. The van der Waals surface area contributed by atoms with Crippen LogP contribution < -0.4 is 19.2 Å². The summed E-state index contributed by atoms with van der Waals surface area (Å²) < 4.78 is 59.0. The number of ether oxygens (including phenoxy) is 3. The number of fused-ring (bicyclic) bond motifs is 1. The molecule has 0 saturated carbocycles. The first kappa shape index (κ1) is 28.5. The van der Waals surface area contributed by atoms with E-state index >= 15 is 0 Å². The van der Waals surface area contributed by atoms with Gasteiger partial charge in [-0.2, -0.15) is 18.3 Å². The van der Waals surface area contributed by atoms with E-state index in [-0.39, 0.29) is 39.8 Å². The van der Waals surface area contributed by atoms with Crippen molar-refractivity contribution in [1.29, 1.82) is 0 Å². The number of nitrogens with zero attached hydrogens (tertiary/aromatic N) is 6. The van der Waals surface area contributed by atoms with Crippen LogP contribution in [0.1, 0.15) is 23.0 Å². The standard InChI is InChI=1S/C28H25F3N6O5/c1-15-23(27(39)37(35(15)2)17-9-7-6-8-10-17)34-26(38)18-14-32-36-22(28(29,30)31)13-19(33-25(18)36)16-11-20(40-3)24(42-5)21(12-16)41-4/h6-15H,1-5H3. The van der Waals surface area contributed by atoms with E-state index in [1.54, 1.807) is 49.3 Å². The van der Waals surface area contributed by atoms with E-state index in [4.69, 9.17) is 14.2 Å². The zero-order valence-electron chi connectivity index (χ0n) is 23.1. The Labute approximate surface area is 237 Å². The highest BCUT2D eigenvalue weighted by Gasteiger charge is 2.41. The maximum Gasteiger partial charge on any atom is 0.433 e. The molecule has 0 spiro atoms. The fourth-order valence-electron chi connectivity index (χ4n) is 4.65. The largest absolute Gasteiger partial charge is 0.493 e. The third kappa shape index (κ3) is 4.79. The van der Waals surface area contributed by atoms with Crippen LogP contribution in [0.5, 0.6) is 17.2 Å². The first-order valence-electron chi connectivity index (χ1n) is 12.5. The molecule has 1 fully saturated rings. The van der Waals surface area contributed by atoms with Crippen molar-refractivity contribution >= 4 is 28.9 Å². The van der Waals surface area contributed by atoms with Crippen LogP contribution in [0.2, 0.25) is 0 Å². The summed E-state index contributed by atoms with van der Waals surface area (Å²) in [6.07, 6.45) is -3.91. The monoisotopic (exact) mass is 582 g/mol. The normalized spacial score (nSPS) is 16.9. The number of carbonyl (C=O) groups excluding carboxylic acids is 2. The molecule has 1 aliphatic rings. The predicted octanol–water partition coefficient (Wildman–Crippen LogP) is 4.30. The minimum Gasteiger partial charge on any atom is -0.493 e. The molecular weight excluding hydrogens is 557 g/mol. The van der Waals surface area contributed by atoms with Gasteiger partial charge in [0.05, 0.1) is 44.9 Å². The van der Waals surface area contributed by atoms with Gasteiger partial charge in [-0.15, -0.1) is 0 Å². The summed E-state index contributed by atoms with van der Waals surface area (Å²) in [5, 5.41) is 6.78. The summed E-state index contributed by atoms with van der Waals surface area (Å²) in [7, 11) is 5.80. The molecule has 1 atom stereocenters. The minimum atomic E-state index is -4.86. The molecule has 218 valence electrons. The Hall–Kier alpha value is -4.98. The van der Waals surface area contributed by atoms with Gasteiger partial charge in [0.25, 0.3) is 11.8 Å². The topological polar surface area (TPSA) is 111 Å². The number of aliphatic imine (C=N–C) groups is 1. The first-order chi connectivity index (χ1) is 20.0. The highest BCUT2D eigenvalue weighted by atomic mass is 19.4. The number of hydrogen-bond donors (Lipinski definition) is 0. The van der Waals surface area contributed by atoms with E-state index in [0.29, 0.717) is 10.2 Å². The minimum absolute atomic E-state index is 0.0810. The quantitative estimate of drug-likeness (QED) is 0.331. The average molecular weight is 583 g/mol. The highest BCUT2D eigenvalue weighted by molar-refractivity contribution is 6.48. The molecular formula is C28H25F3N6O5. The fourth-order valence-corrected chi connectivity index (χ4v) is 4.65. The molecule has 11 nitrogen and oxygen atoms in total. The van der Waals surface area contributed by atoms with Crippen molar-refractivity contribution in [1.82, 2.24) is 19.6 Å². The number of methoxy groups -OCH3 is 3. The van der Waals surface area contributed by atoms with Crippen LogP contribution in [0.4, 0.5) is 18.9 Å². The summed E-state index contributed by atoms with van der Waals surface area (Å²) in [4.78, 5) is 35.1. The molecule has 1 saturated heterocycles. The molecule has 0 radical (unpaired) electrons. The van der Waals surface area contributed by atoms with E-state index < -0.39 is 35.4 Å². The lowest BCUT2D eigenvalue weighted by atomic mass is 10.1. The Morgan fingerprint density at radius 2 is 1.64 bits per heavy atom. The molecule has 2 aromatic heterocycles. The Morgan fingerprint density at radius 1 is 1.00 bits per heavy atom. The molecule has 3 heterocycles. The van der Waals surface area contributed by atoms with Crippen LogP contribution in [0.15, 0.2) is 59.7 Å². The van der Waals surface area contributed by atoms with E-state index in [9.17, 15) is 22.8 Å². The number of alkyl halides is 3. The lowest BCUT2D eigenvalue weighted by molar-refractivity contribution is -0.142. The Morgan fingerprint density at radius 3 is 2.21 bits per heavy atom. The van der Waals surface area contributed by atoms with Gasteiger partial charge in [0.1, 0.15) is 11.3 Å². The molecule has 1 unspecified atom stereocenters. The second kappa shape index (κ2) is 10.8. The van der Waals surface area contributed by atoms with Gasteiger partial charge in [-0.1, -0.05) is 18.2 Å². The molecule has 2 amide bonds. The van der Waals surface area contributed by atoms with Gasteiger partial charge >= 0.3 is 6.18 Å². The molecule has 4 aromatic rings. The summed E-state index contributed by atoms with van der Waals surface area (Å²) in [5.74, 6) is -0.880. The van der Waals surface area contributed by atoms with Crippen molar-refractivity contribution in [3.05, 3.63) is 66.0 Å². The summed E-state index contributed by atoms with van der Waals surface area (Å²) in [5.41, 5.74) is -1.35. The van der Waals surface area contributed by atoms with Crippen LogP contribution in [-0.2, 0) is 11.0 Å². The Bertz CT molecular complexity index is 1700. The zero-order chi connectivity index (χ0) is 30.3. The summed E-state index contributed by atoms with van der Waals surface area (Å²) in [6.45, 7) is 1.69. The van der Waals surface area contributed by atoms with E-state index in [0.717, 1.165) is 12.3 Å². The molecule has 42 heavy (non-hydrogen) atoms.